The fourth-order valence-electron chi connectivity index (χ4n) is 2.04. The van der Waals surface area contributed by atoms with Crippen molar-refractivity contribution in [1.82, 2.24) is 10.6 Å². The number of hydrogen-bond acceptors (Lipinski definition) is 2. The predicted octanol–water partition coefficient (Wildman–Crippen LogP) is 2.90. The van der Waals surface area contributed by atoms with Crippen molar-refractivity contribution in [3.8, 4) is 0 Å². The zero-order valence-electron chi connectivity index (χ0n) is 12.6. The van der Waals surface area contributed by atoms with Crippen LogP contribution >= 0.6 is 0 Å². The minimum Gasteiger partial charge on any atom is -0.481 e. The molecule has 0 rings (SSSR count). The molecule has 5 heteroatoms. The summed E-state index contributed by atoms with van der Waals surface area (Å²) >= 11 is 0. The summed E-state index contributed by atoms with van der Waals surface area (Å²) in [6.45, 7) is 7.63. The third kappa shape index (κ3) is 9.33. The Balaban J connectivity index is 4.27. The van der Waals surface area contributed by atoms with Crippen molar-refractivity contribution in [2.45, 2.75) is 77.8 Å². The lowest BCUT2D eigenvalue weighted by Gasteiger charge is -2.26. The second-order valence-corrected chi connectivity index (χ2v) is 5.68. The fraction of sp³-hybridized carbons (Fsp3) is 0.857. The van der Waals surface area contributed by atoms with Gasteiger partial charge in [0.25, 0.3) is 0 Å². The van der Waals surface area contributed by atoms with E-state index in [1.54, 1.807) is 13.8 Å². The molecule has 0 aliphatic rings. The zero-order chi connectivity index (χ0) is 14.9. The first kappa shape index (κ1) is 17.7. The minimum absolute atomic E-state index is 0.0895. The lowest BCUT2D eigenvalue weighted by atomic mass is 10.0. The molecule has 0 fully saturated rings. The van der Waals surface area contributed by atoms with Crippen LogP contribution in [0.25, 0.3) is 0 Å². The molecule has 19 heavy (non-hydrogen) atoms. The standard InChI is InChI=1S/C14H28N2O3/c1-5-7-9-11(8-6-2)15-13(19)16-14(3,4)10-12(17)18/h11H,5-10H2,1-4H3,(H,17,18)(H2,15,16,19). The highest BCUT2D eigenvalue weighted by molar-refractivity contribution is 5.76. The van der Waals surface area contributed by atoms with Gasteiger partial charge in [0.2, 0.25) is 0 Å². The lowest BCUT2D eigenvalue weighted by Crippen LogP contribution is -2.51. The molecule has 112 valence electrons. The van der Waals surface area contributed by atoms with Crippen LogP contribution in [0.3, 0.4) is 0 Å². The van der Waals surface area contributed by atoms with E-state index in [1.165, 1.54) is 0 Å². The first-order valence-electron chi connectivity index (χ1n) is 7.11. The van der Waals surface area contributed by atoms with Crippen LogP contribution in [0.2, 0.25) is 0 Å². The summed E-state index contributed by atoms with van der Waals surface area (Å²) in [5, 5.41) is 14.4. The largest absolute Gasteiger partial charge is 0.481 e. The lowest BCUT2D eigenvalue weighted by molar-refractivity contribution is -0.138. The van der Waals surface area contributed by atoms with E-state index in [0.717, 1.165) is 32.1 Å². The third-order valence-electron chi connectivity index (χ3n) is 2.92. The molecule has 1 unspecified atom stereocenters. The predicted molar refractivity (Wildman–Crippen MR) is 76.2 cm³/mol. The van der Waals surface area contributed by atoms with Gasteiger partial charge in [-0.25, -0.2) is 4.79 Å². The van der Waals surface area contributed by atoms with Gasteiger partial charge in [0.05, 0.1) is 6.42 Å². The van der Waals surface area contributed by atoms with Gasteiger partial charge in [-0.15, -0.1) is 0 Å². The van der Waals surface area contributed by atoms with Crippen molar-refractivity contribution in [3.05, 3.63) is 0 Å². The van der Waals surface area contributed by atoms with Crippen LogP contribution in [-0.4, -0.2) is 28.7 Å². The molecule has 1 atom stereocenters. The van der Waals surface area contributed by atoms with Gasteiger partial charge in [-0.1, -0.05) is 33.1 Å². The van der Waals surface area contributed by atoms with Crippen LogP contribution in [0, 0.1) is 0 Å². The van der Waals surface area contributed by atoms with E-state index in [2.05, 4.69) is 24.5 Å². The van der Waals surface area contributed by atoms with E-state index in [1.807, 2.05) is 0 Å². The number of unbranched alkanes of at least 4 members (excludes halogenated alkanes) is 1. The van der Waals surface area contributed by atoms with E-state index in [0.29, 0.717) is 0 Å². The normalized spacial score (nSPS) is 12.8. The number of carboxylic acids is 1. The van der Waals surface area contributed by atoms with Gasteiger partial charge in [0, 0.05) is 11.6 Å². The van der Waals surface area contributed by atoms with Crippen LogP contribution in [0.5, 0.6) is 0 Å². The van der Waals surface area contributed by atoms with Crippen molar-refractivity contribution in [2.24, 2.45) is 0 Å². The van der Waals surface area contributed by atoms with E-state index < -0.39 is 11.5 Å². The Kier molecular flexibility index (Phi) is 8.19. The van der Waals surface area contributed by atoms with E-state index >= 15 is 0 Å². The Hall–Kier alpha value is -1.26. The highest BCUT2D eigenvalue weighted by Gasteiger charge is 2.24. The molecule has 0 saturated carbocycles. The highest BCUT2D eigenvalue weighted by atomic mass is 16.4. The summed E-state index contributed by atoms with van der Waals surface area (Å²) < 4.78 is 0. The Morgan fingerprint density at radius 3 is 2.26 bits per heavy atom. The van der Waals surface area contributed by atoms with Crippen LogP contribution < -0.4 is 10.6 Å². The van der Waals surface area contributed by atoms with E-state index in [9.17, 15) is 9.59 Å². The Morgan fingerprint density at radius 2 is 1.79 bits per heavy atom. The third-order valence-corrected chi connectivity index (χ3v) is 2.92. The topological polar surface area (TPSA) is 78.4 Å². The Labute approximate surface area is 116 Å². The molecule has 0 aromatic carbocycles. The molecule has 2 amide bonds. The molecule has 0 aliphatic carbocycles. The number of carbonyl (C=O) groups excluding carboxylic acids is 1. The van der Waals surface area contributed by atoms with Gasteiger partial charge < -0.3 is 15.7 Å². The molecule has 0 bridgehead atoms. The monoisotopic (exact) mass is 272 g/mol. The van der Waals surface area contributed by atoms with Gasteiger partial charge in [0.1, 0.15) is 0 Å². The molecule has 0 radical (unpaired) electrons. The first-order chi connectivity index (χ1) is 8.80. The van der Waals surface area contributed by atoms with Gasteiger partial charge in [-0.3, -0.25) is 4.79 Å². The molecule has 0 saturated heterocycles. The summed E-state index contributed by atoms with van der Waals surface area (Å²) in [5.41, 5.74) is -0.739. The molecule has 0 aromatic rings. The molecule has 0 spiro atoms. The number of urea groups is 1. The summed E-state index contributed by atoms with van der Waals surface area (Å²) in [4.78, 5) is 22.6. The van der Waals surface area contributed by atoms with Crippen molar-refractivity contribution in [1.29, 1.82) is 0 Å². The maximum absolute atomic E-state index is 11.9. The smallest absolute Gasteiger partial charge is 0.315 e. The number of aliphatic carboxylic acids is 1. The van der Waals surface area contributed by atoms with Gasteiger partial charge in [-0.05, 0) is 26.7 Å². The van der Waals surface area contributed by atoms with Crippen LogP contribution in [0.15, 0.2) is 0 Å². The average Bonchev–Trinajstić information content (AvgIpc) is 2.23. The van der Waals surface area contributed by atoms with Crippen LogP contribution in [-0.2, 0) is 4.79 Å². The number of amides is 2. The van der Waals surface area contributed by atoms with Crippen LogP contribution in [0.4, 0.5) is 4.79 Å². The molecular formula is C14H28N2O3. The van der Waals surface area contributed by atoms with E-state index in [-0.39, 0.29) is 18.5 Å². The first-order valence-corrected chi connectivity index (χ1v) is 7.11. The fourth-order valence-corrected chi connectivity index (χ4v) is 2.04. The summed E-state index contributed by atoms with van der Waals surface area (Å²) in [7, 11) is 0. The average molecular weight is 272 g/mol. The van der Waals surface area contributed by atoms with Gasteiger partial charge in [-0.2, -0.15) is 0 Å². The van der Waals surface area contributed by atoms with Gasteiger partial charge in [0.15, 0.2) is 0 Å². The van der Waals surface area contributed by atoms with Crippen molar-refractivity contribution in [3.63, 3.8) is 0 Å². The van der Waals surface area contributed by atoms with Crippen molar-refractivity contribution >= 4 is 12.0 Å². The SMILES string of the molecule is CCCCC(CCC)NC(=O)NC(C)(C)CC(=O)O. The maximum Gasteiger partial charge on any atom is 0.315 e. The summed E-state index contributed by atoms with van der Waals surface area (Å²) in [5.74, 6) is -0.915. The van der Waals surface area contributed by atoms with Crippen LogP contribution in [0.1, 0.15) is 66.2 Å². The number of hydrogen-bond donors (Lipinski definition) is 3. The second-order valence-electron chi connectivity index (χ2n) is 5.68. The van der Waals surface area contributed by atoms with Crippen molar-refractivity contribution in [2.75, 3.05) is 0 Å². The number of rotatable bonds is 9. The Bertz CT molecular complexity index is 290. The van der Waals surface area contributed by atoms with Gasteiger partial charge >= 0.3 is 12.0 Å². The van der Waals surface area contributed by atoms with E-state index in [4.69, 9.17) is 5.11 Å². The van der Waals surface area contributed by atoms with Crippen molar-refractivity contribution < 1.29 is 14.7 Å². The second kappa shape index (κ2) is 8.77. The molecule has 0 aromatic heterocycles. The summed E-state index contributed by atoms with van der Waals surface area (Å²) in [6, 6.07) is -0.105. The number of carbonyl (C=O) groups is 2. The summed E-state index contributed by atoms with van der Waals surface area (Å²) in [6.07, 6.45) is 5.04. The molecule has 3 N–H and O–H groups in total. The zero-order valence-corrected chi connectivity index (χ0v) is 12.6. The molecule has 0 aliphatic heterocycles. The molecule has 0 heterocycles. The minimum atomic E-state index is -0.915. The molecule has 5 nitrogen and oxygen atoms in total. The quantitative estimate of drug-likeness (QED) is 0.604. The number of carboxylic acid groups (broad SMARTS) is 1. The highest BCUT2D eigenvalue weighted by Crippen LogP contribution is 2.10. The molecular weight excluding hydrogens is 244 g/mol. The number of nitrogens with one attached hydrogen (secondary N) is 2. The Morgan fingerprint density at radius 1 is 1.16 bits per heavy atom. The maximum atomic E-state index is 11.9.